The lowest BCUT2D eigenvalue weighted by Gasteiger charge is -2.23. The smallest absolute Gasteiger partial charge is 0.422 e. The molecule has 2 aromatic rings. The highest BCUT2D eigenvalue weighted by molar-refractivity contribution is 5.97. The standard InChI is InChI=1S/C20H23F3N2O4/c1-27-15-5-6-18(29-14-20(21,22)23)17(12-15)19(26)25-8-3-7-24(9-10-25)13-16-4-2-11-28-16/h2,4-6,11-12H,3,7-10,13-14H2,1H3. The van der Waals surface area contributed by atoms with Gasteiger partial charge in [-0.1, -0.05) is 0 Å². The van der Waals surface area contributed by atoms with Gasteiger partial charge in [0.1, 0.15) is 17.3 Å². The molecule has 1 amide bonds. The maximum atomic E-state index is 13.1. The Morgan fingerprint density at radius 1 is 1.17 bits per heavy atom. The number of rotatable bonds is 6. The molecule has 29 heavy (non-hydrogen) atoms. The molecule has 3 rings (SSSR count). The molecule has 1 fully saturated rings. The van der Waals surface area contributed by atoms with Crippen LogP contribution in [-0.2, 0) is 6.54 Å². The number of benzene rings is 1. The monoisotopic (exact) mass is 412 g/mol. The Balaban J connectivity index is 1.71. The van der Waals surface area contributed by atoms with Crippen LogP contribution >= 0.6 is 0 Å². The number of nitrogens with zero attached hydrogens (tertiary/aromatic N) is 2. The van der Waals surface area contributed by atoms with Crippen molar-refractivity contribution in [3.05, 3.63) is 47.9 Å². The largest absolute Gasteiger partial charge is 0.497 e. The summed E-state index contributed by atoms with van der Waals surface area (Å²) in [5.41, 5.74) is 0.0630. The fourth-order valence-corrected chi connectivity index (χ4v) is 3.21. The van der Waals surface area contributed by atoms with Crippen molar-refractivity contribution in [3.8, 4) is 11.5 Å². The van der Waals surface area contributed by atoms with Gasteiger partial charge in [-0.05, 0) is 36.8 Å². The van der Waals surface area contributed by atoms with E-state index in [1.807, 2.05) is 12.1 Å². The number of furan rings is 1. The summed E-state index contributed by atoms with van der Waals surface area (Å²) < 4.78 is 53.1. The number of methoxy groups -OCH3 is 1. The summed E-state index contributed by atoms with van der Waals surface area (Å²) in [6, 6.07) is 7.94. The third kappa shape index (κ3) is 5.90. The van der Waals surface area contributed by atoms with Gasteiger partial charge in [-0.15, -0.1) is 0 Å². The first-order chi connectivity index (χ1) is 13.9. The first kappa shape index (κ1) is 21.0. The average Bonchev–Trinajstić information content (AvgIpc) is 3.09. The van der Waals surface area contributed by atoms with Crippen LogP contribution in [0.3, 0.4) is 0 Å². The topological polar surface area (TPSA) is 55.2 Å². The summed E-state index contributed by atoms with van der Waals surface area (Å²) in [7, 11) is 1.43. The zero-order valence-electron chi connectivity index (χ0n) is 16.1. The molecule has 1 aromatic carbocycles. The molecule has 1 aliphatic heterocycles. The fraction of sp³-hybridized carbons (Fsp3) is 0.450. The Morgan fingerprint density at radius 2 is 2.00 bits per heavy atom. The van der Waals surface area contributed by atoms with Crippen molar-refractivity contribution in [2.24, 2.45) is 0 Å². The predicted molar refractivity (Wildman–Crippen MR) is 99.0 cm³/mol. The maximum absolute atomic E-state index is 13.1. The van der Waals surface area contributed by atoms with Crippen LogP contribution < -0.4 is 9.47 Å². The first-order valence-corrected chi connectivity index (χ1v) is 9.27. The number of carbonyl (C=O) groups is 1. The van der Waals surface area contributed by atoms with E-state index in [2.05, 4.69) is 4.90 Å². The van der Waals surface area contributed by atoms with Crippen molar-refractivity contribution < 1.29 is 31.9 Å². The van der Waals surface area contributed by atoms with E-state index >= 15 is 0 Å². The number of carbonyl (C=O) groups excluding carboxylic acids is 1. The van der Waals surface area contributed by atoms with Crippen LogP contribution in [-0.4, -0.2) is 61.8 Å². The Bertz CT molecular complexity index is 809. The molecule has 0 spiro atoms. The molecule has 2 heterocycles. The van der Waals surface area contributed by atoms with Gasteiger partial charge < -0.3 is 18.8 Å². The summed E-state index contributed by atoms with van der Waals surface area (Å²) in [6.45, 7) is 1.57. The molecule has 0 atom stereocenters. The highest BCUT2D eigenvalue weighted by Crippen LogP contribution is 2.28. The van der Waals surface area contributed by atoms with Crippen LogP contribution in [0.2, 0.25) is 0 Å². The molecular weight excluding hydrogens is 389 g/mol. The van der Waals surface area contributed by atoms with Crippen LogP contribution in [0.5, 0.6) is 11.5 Å². The van der Waals surface area contributed by atoms with E-state index in [0.29, 0.717) is 31.9 Å². The molecule has 6 nitrogen and oxygen atoms in total. The van der Waals surface area contributed by atoms with E-state index in [4.69, 9.17) is 13.9 Å². The second kappa shape index (κ2) is 9.21. The molecule has 0 unspecified atom stereocenters. The molecule has 0 N–H and O–H groups in total. The molecule has 1 aromatic heterocycles. The van der Waals surface area contributed by atoms with E-state index in [1.165, 1.54) is 25.3 Å². The van der Waals surface area contributed by atoms with Gasteiger partial charge in [0.05, 0.1) is 25.5 Å². The fourth-order valence-electron chi connectivity index (χ4n) is 3.21. The zero-order chi connectivity index (χ0) is 20.9. The lowest BCUT2D eigenvalue weighted by Crippen LogP contribution is -2.35. The molecule has 1 aliphatic rings. The molecule has 0 aliphatic carbocycles. The number of ether oxygens (including phenoxy) is 2. The zero-order valence-corrected chi connectivity index (χ0v) is 16.1. The van der Waals surface area contributed by atoms with E-state index in [1.54, 1.807) is 11.2 Å². The van der Waals surface area contributed by atoms with Crippen molar-refractivity contribution in [1.29, 1.82) is 0 Å². The minimum Gasteiger partial charge on any atom is -0.497 e. The van der Waals surface area contributed by atoms with Gasteiger partial charge in [0.25, 0.3) is 5.91 Å². The third-order valence-electron chi connectivity index (χ3n) is 4.64. The van der Waals surface area contributed by atoms with E-state index in [-0.39, 0.29) is 17.2 Å². The lowest BCUT2D eigenvalue weighted by molar-refractivity contribution is -0.153. The normalized spacial score (nSPS) is 15.8. The summed E-state index contributed by atoms with van der Waals surface area (Å²) in [6.07, 6.45) is -2.13. The molecule has 9 heteroatoms. The Labute approximate surface area is 166 Å². The minimum atomic E-state index is -4.49. The van der Waals surface area contributed by atoms with Gasteiger partial charge in [-0.25, -0.2) is 0 Å². The molecule has 0 radical (unpaired) electrons. The number of hydrogen-bond donors (Lipinski definition) is 0. The Hall–Kier alpha value is -2.68. The van der Waals surface area contributed by atoms with E-state index in [0.717, 1.165) is 18.7 Å². The Morgan fingerprint density at radius 3 is 2.69 bits per heavy atom. The summed E-state index contributed by atoms with van der Waals surface area (Å²) in [5, 5.41) is 0. The number of hydrogen-bond acceptors (Lipinski definition) is 5. The van der Waals surface area contributed by atoms with Crippen LogP contribution in [0.15, 0.2) is 41.0 Å². The third-order valence-corrected chi connectivity index (χ3v) is 4.64. The summed E-state index contributed by atoms with van der Waals surface area (Å²) >= 11 is 0. The second-order valence-corrected chi connectivity index (χ2v) is 6.77. The van der Waals surface area contributed by atoms with Gasteiger partial charge in [-0.3, -0.25) is 9.69 Å². The number of halogens is 3. The van der Waals surface area contributed by atoms with Crippen LogP contribution in [0.25, 0.3) is 0 Å². The SMILES string of the molecule is COc1ccc(OCC(F)(F)F)c(C(=O)N2CCCN(Cc3ccco3)CC2)c1. The summed E-state index contributed by atoms with van der Waals surface area (Å²) in [5.74, 6) is 0.744. The number of amides is 1. The van der Waals surface area contributed by atoms with Crippen LogP contribution in [0.4, 0.5) is 13.2 Å². The molecule has 0 saturated carbocycles. The molecular formula is C20H23F3N2O4. The van der Waals surface area contributed by atoms with E-state index in [9.17, 15) is 18.0 Å². The minimum absolute atomic E-state index is 0.0630. The van der Waals surface area contributed by atoms with Gasteiger partial charge in [-0.2, -0.15) is 13.2 Å². The van der Waals surface area contributed by atoms with Crippen molar-refractivity contribution >= 4 is 5.91 Å². The summed E-state index contributed by atoms with van der Waals surface area (Å²) in [4.78, 5) is 16.9. The average molecular weight is 412 g/mol. The number of alkyl halides is 3. The van der Waals surface area contributed by atoms with Gasteiger partial charge in [0.2, 0.25) is 0 Å². The van der Waals surface area contributed by atoms with Crippen molar-refractivity contribution in [2.75, 3.05) is 39.9 Å². The Kier molecular flexibility index (Phi) is 6.68. The highest BCUT2D eigenvalue weighted by Gasteiger charge is 2.30. The van der Waals surface area contributed by atoms with Crippen LogP contribution in [0.1, 0.15) is 22.5 Å². The molecule has 0 bridgehead atoms. The van der Waals surface area contributed by atoms with E-state index < -0.39 is 12.8 Å². The lowest BCUT2D eigenvalue weighted by atomic mass is 10.1. The maximum Gasteiger partial charge on any atom is 0.422 e. The molecule has 158 valence electrons. The van der Waals surface area contributed by atoms with Gasteiger partial charge in [0.15, 0.2) is 6.61 Å². The quantitative estimate of drug-likeness (QED) is 0.726. The second-order valence-electron chi connectivity index (χ2n) is 6.77. The molecule has 1 saturated heterocycles. The predicted octanol–water partition coefficient (Wildman–Crippen LogP) is 3.58. The van der Waals surface area contributed by atoms with Gasteiger partial charge >= 0.3 is 6.18 Å². The van der Waals surface area contributed by atoms with Crippen molar-refractivity contribution in [1.82, 2.24) is 9.80 Å². The highest BCUT2D eigenvalue weighted by atomic mass is 19.4. The first-order valence-electron chi connectivity index (χ1n) is 9.27. The van der Waals surface area contributed by atoms with Crippen molar-refractivity contribution in [2.45, 2.75) is 19.1 Å². The van der Waals surface area contributed by atoms with Crippen molar-refractivity contribution in [3.63, 3.8) is 0 Å². The van der Waals surface area contributed by atoms with Gasteiger partial charge in [0, 0.05) is 26.2 Å². The van der Waals surface area contributed by atoms with Crippen LogP contribution in [0, 0.1) is 0 Å².